The van der Waals surface area contributed by atoms with Gasteiger partial charge in [0.25, 0.3) is 0 Å². The molecule has 19 heavy (non-hydrogen) atoms. The molecule has 2 nitrogen and oxygen atoms in total. The summed E-state index contributed by atoms with van der Waals surface area (Å²) in [5, 5.41) is 0. The molecule has 1 unspecified atom stereocenters. The topological polar surface area (TPSA) is 26.3 Å². The molecule has 0 aliphatic carbocycles. The van der Waals surface area contributed by atoms with Gasteiger partial charge in [-0.05, 0) is 45.1 Å². The molecule has 0 amide bonds. The van der Waals surface area contributed by atoms with Gasteiger partial charge in [-0.15, -0.1) is 0 Å². The summed E-state index contributed by atoms with van der Waals surface area (Å²) in [4.78, 5) is 11.3. The number of carbonyl (C=O) groups is 1. The van der Waals surface area contributed by atoms with Gasteiger partial charge in [0.2, 0.25) is 0 Å². The molecule has 0 rings (SSSR count). The monoisotopic (exact) mass is 284 g/mol. The van der Waals surface area contributed by atoms with E-state index in [9.17, 15) is 4.79 Å². The van der Waals surface area contributed by atoms with Gasteiger partial charge in [-0.2, -0.15) is 0 Å². The minimum atomic E-state index is -0.963. The zero-order chi connectivity index (χ0) is 14.9. The highest BCUT2D eigenvalue weighted by molar-refractivity contribution is 6.76. The average molecular weight is 285 g/mol. The lowest BCUT2D eigenvalue weighted by Crippen LogP contribution is -2.19. The first kappa shape index (κ1) is 18.4. The van der Waals surface area contributed by atoms with Gasteiger partial charge in [-0.1, -0.05) is 38.2 Å². The molecule has 0 bridgehead atoms. The van der Waals surface area contributed by atoms with Gasteiger partial charge in [0.1, 0.15) is 0 Å². The van der Waals surface area contributed by atoms with Crippen LogP contribution in [0.4, 0.5) is 0 Å². The maximum Gasteiger partial charge on any atom is 0.306 e. The average Bonchev–Trinajstić information content (AvgIpc) is 2.22. The Morgan fingerprint density at radius 2 is 1.95 bits per heavy atom. The van der Waals surface area contributed by atoms with Crippen LogP contribution in [0.2, 0.25) is 25.7 Å². The molecule has 0 saturated heterocycles. The third-order valence-corrected chi connectivity index (χ3v) is 4.64. The molecule has 0 radical (unpaired) electrons. The van der Waals surface area contributed by atoms with Crippen LogP contribution in [0.15, 0.2) is 11.6 Å². The number of hydrogen-bond donors (Lipinski definition) is 0. The van der Waals surface area contributed by atoms with E-state index in [1.54, 1.807) is 0 Å². The molecule has 0 aliphatic heterocycles. The summed E-state index contributed by atoms with van der Waals surface area (Å²) >= 11 is 0. The van der Waals surface area contributed by atoms with E-state index in [1.807, 2.05) is 6.92 Å². The first-order valence-electron chi connectivity index (χ1n) is 7.56. The maximum atomic E-state index is 11.3. The van der Waals surface area contributed by atoms with Crippen LogP contribution in [-0.2, 0) is 9.53 Å². The second-order valence-electron chi connectivity index (χ2n) is 6.83. The summed E-state index contributed by atoms with van der Waals surface area (Å²) in [6.07, 6.45) is 6.36. The van der Waals surface area contributed by atoms with Crippen LogP contribution in [0.3, 0.4) is 0 Å². The number of esters is 1. The molecule has 0 aromatic heterocycles. The van der Waals surface area contributed by atoms with E-state index in [0.717, 1.165) is 12.8 Å². The molecule has 1 atom stereocenters. The van der Waals surface area contributed by atoms with Crippen molar-refractivity contribution in [2.75, 3.05) is 6.61 Å². The first-order chi connectivity index (χ1) is 8.74. The van der Waals surface area contributed by atoms with Crippen LogP contribution >= 0.6 is 0 Å². The van der Waals surface area contributed by atoms with E-state index in [0.29, 0.717) is 18.9 Å². The van der Waals surface area contributed by atoms with Gasteiger partial charge in [0, 0.05) is 14.5 Å². The van der Waals surface area contributed by atoms with Crippen LogP contribution in [0.5, 0.6) is 0 Å². The molecule has 0 aromatic rings. The third kappa shape index (κ3) is 12.2. The van der Waals surface area contributed by atoms with E-state index >= 15 is 0 Å². The van der Waals surface area contributed by atoms with Crippen LogP contribution in [-0.4, -0.2) is 20.7 Å². The smallest absolute Gasteiger partial charge is 0.306 e. The molecule has 0 heterocycles. The molecule has 0 aromatic carbocycles. The van der Waals surface area contributed by atoms with Crippen LogP contribution in [0, 0.1) is 5.92 Å². The van der Waals surface area contributed by atoms with Gasteiger partial charge in [-0.3, -0.25) is 4.79 Å². The Kier molecular flexibility index (Phi) is 9.07. The minimum absolute atomic E-state index is 0.0551. The molecular formula is C16H32O2Si. The van der Waals surface area contributed by atoms with Crippen molar-refractivity contribution in [3.63, 3.8) is 0 Å². The van der Waals surface area contributed by atoms with E-state index in [-0.39, 0.29) is 5.97 Å². The van der Waals surface area contributed by atoms with Crippen molar-refractivity contribution in [3.05, 3.63) is 11.6 Å². The SMILES string of the molecule is CCOC(=O)CC(C)CCC/C=C(/C)C[Si](C)(C)C. The predicted octanol–water partition coefficient (Wildman–Crippen LogP) is 5.03. The lowest BCUT2D eigenvalue weighted by Gasteiger charge is -2.16. The number of allylic oxidation sites excluding steroid dienone is 2. The quantitative estimate of drug-likeness (QED) is 0.257. The third-order valence-electron chi connectivity index (χ3n) is 3.02. The molecule has 112 valence electrons. The maximum absolute atomic E-state index is 11.3. The van der Waals surface area contributed by atoms with Crippen molar-refractivity contribution in [1.82, 2.24) is 0 Å². The summed E-state index contributed by atoms with van der Waals surface area (Å²) in [6, 6.07) is 1.30. The molecule has 0 aliphatic rings. The molecule has 0 saturated carbocycles. The second-order valence-corrected chi connectivity index (χ2v) is 12.3. The predicted molar refractivity (Wildman–Crippen MR) is 86.2 cm³/mol. The van der Waals surface area contributed by atoms with Crippen molar-refractivity contribution in [1.29, 1.82) is 0 Å². The number of unbranched alkanes of at least 4 members (excludes halogenated alkanes) is 1. The molecule has 0 fully saturated rings. The van der Waals surface area contributed by atoms with Crippen molar-refractivity contribution in [2.45, 2.75) is 72.1 Å². The molecule has 3 heteroatoms. The second kappa shape index (κ2) is 9.35. The Labute approximate surface area is 120 Å². The fourth-order valence-corrected chi connectivity index (χ4v) is 4.15. The van der Waals surface area contributed by atoms with Crippen LogP contribution in [0.25, 0.3) is 0 Å². The standard InChI is InChI=1S/C16H32O2Si/c1-7-18-16(17)12-14(2)10-8-9-11-15(3)13-19(4,5)6/h11,14H,7-10,12-13H2,1-6H3/b15-11-. The van der Waals surface area contributed by atoms with Crippen molar-refractivity contribution in [2.24, 2.45) is 5.92 Å². The van der Waals surface area contributed by atoms with Crippen LogP contribution < -0.4 is 0 Å². The van der Waals surface area contributed by atoms with Gasteiger partial charge < -0.3 is 4.74 Å². The summed E-state index contributed by atoms with van der Waals surface area (Å²) in [5.74, 6) is 0.380. The lowest BCUT2D eigenvalue weighted by atomic mass is 10.0. The number of hydrogen-bond acceptors (Lipinski definition) is 2. The Balaban J connectivity index is 3.79. The molecular weight excluding hydrogens is 252 g/mol. The van der Waals surface area contributed by atoms with E-state index in [1.165, 1.54) is 18.0 Å². The van der Waals surface area contributed by atoms with E-state index in [2.05, 4.69) is 39.6 Å². The summed E-state index contributed by atoms with van der Waals surface area (Å²) in [6.45, 7) is 14.0. The van der Waals surface area contributed by atoms with Crippen molar-refractivity contribution in [3.8, 4) is 0 Å². The summed E-state index contributed by atoms with van der Waals surface area (Å²) in [7, 11) is -0.963. The number of carbonyl (C=O) groups excluding carboxylic acids is 1. The van der Waals surface area contributed by atoms with E-state index < -0.39 is 8.07 Å². The molecule has 0 spiro atoms. The zero-order valence-electron chi connectivity index (χ0n) is 13.7. The first-order valence-corrected chi connectivity index (χ1v) is 11.3. The van der Waals surface area contributed by atoms with Gasteiger partial charge in [0.05, 0.1) is 6.61 Å². The van der Waals surface area contributed by atoms with Crippen molar-refractivity contribution < 1.29 is 9.53 Å². The van der Waals surface area contributed by atoms with E-state index in [4.69, 9.17) is 4.74 Å². The summed E-state index contributed by atoms with van der Waals surface area (Å²) in [5.41, 5.74) is 1.54. The molecule has 0 N–H and O–H groups in total. The van der Waals surface area contributed by atoms with Gasteiger partial charge in [0.15, 0.2) is 0 Å². The van der Waals surface area contributed by atoms with Gasteiger partial charge in [-0.25, -0.2) is 0 Å². The highest BCUT2D eigenvalue weighted by Crippen LogP contribution is 2.18. The highest BCUT2D eigenvalue weighted by atomic mass is 28.3. The Morgan fingerprint density at radius 1 is 1.32 bits per heavy atom. The highest BCUT2D eigenvalue weighted by Gasteiger charge is 2.13. The largest absolute Gasteiger partial charge is 0.466 e. The Morgan fingerprint density at radius 3 is 2.47 bits per heavy atom. The number of ether oxygens (including phenoxy) is 1. The van der Waals surface area contributed by atoms with Crippen LogP contribution in [0.1, 0.15) is 46.5 Å². The lowest BCUT2D eigenvalue weighted by molar-refractivity contribution is -0.144. The fraction of sp³-hybridized carbons (Fsp3) is 0.812. The summed E-state index contributed by atoms with van der Waals surface area (Å²) < 4.78 is 4.97. The normalized spacial score (nSPS) is 14.3. The minimum Gasteiger partial charge on any atom is -0.466 e. The number of rotatable bonds is 9. The van der Waals surface area contributed by atoms with Crippen molar-refractivity contribution >= 4 is 14.0 Å². The Hall–Kier alpha value is -0.573. The Bertz CT molecular complexity index is 290. The zero-order valence-corrected chi connectivity index (χ0v) is 14.7. The van der Waals surface area contributed by atoms with Gasteiger partial charge >= 0.3 is 5.97 Å². The fourth-order valence-electron chi connectivity index (χ4n) is 2.33.